The molecule has 3 N–H and O–H groups in total. The number of benzene rings is 2. The molecule has 1 saturated heterocycles. The van der Waals surface area contributed by atoms with Gasteiger partial charge in [0, 0.05) is 34.7 Å². The summed E-state index contributed by atoms with van der Waals surface area (Å²) in [6.45, 7) is 15.4. The zero-order valence-electron chi connectivity index (χ0n) is 34.8. The summed E-state index contributed by atoms with van der Waals surface area (Å²) in [5, 5.41) is 12.0. The number of methoxy groups -OCH3 is 1. The molecule has 0 bridgehead atoms. The van der Waals surface area contributed by atoms with Crippen molar-refractivity contribution in [1.29, 1.82) is 0 Å². The molecule has 2 aromatic heterocycles. The highest BCUT2D eigenvalue weighted by Crippen LogP contribution is 2.46. The molecule has 0 radical (unpaired) electrons. The molecule has 7 rings (SSSR count). The topological polar surface area (TPSA) is 198 Å². The Labute approximate surface area is 353 Å². The number of pyridine rings is 1. The Kier molecular flexibility index (Phi) is 11.5. The predicted octanol–water partition coefficient (Wildman–Crippen LogP) is 6.74. The summed E-state index contributed by atoms with van der Waals surface area (Å²) >= 11 is 1.47. The molecule has 5 atom stereocenters. The standard InChI is InChI=1S/C43H51N7O8S2/c1-9-25-20-43(25,41(53)49-60(55,56)27-14-15-27)47-38(51)33-18-26(21-50(33)40(52)37(42(5,6)7)45-29-12-10-11-13-30(29)48-54)58-35-19-31(39-46-32(22-59-39)23(2)3)44-36-24(4)34(57-8)17-16-28(35)36/h9-13,16-17,19,22-23,25-27,33,37,45H,1,14-15,18,20-21H2,2-8H3,(H,47,51)(H,49,53)/t25-,26-,33+,37-,43-/m1/s1. The first-order valence-corrected chi connectivity index (χ1v) is 22.4. The van der Waals surface area contributed by atoms with Crippen molar-refractivity contribution in [2.75, 3.05) is 19.0 Å². The Morgan fingerprint density at radius 1 is 1.10 bits per heavy atom. The van der Waals surface area contributed by atoms with Gasteiger partial charge in [-0.05, 0) is 67.0 Å². The average Bonchev–Trinajstić information content (AvgIpc) is 4.09. The number of amides is 3. The van der Waals surface area contributed by atoms with Crippen LogP contribution in [0.3, 0.4) is 0 Å². The number of anilines is 1. The van der Waals surface area contributed by atoms with Gasteiger partial charge in [-0.3, -0.25) is 19.1 Å². The van der Waals surface area contributed by atoms with Crippen LogP contribution in [0.4, 0.5) is 11.4 Å². The second-order valence-electron chi connectivity index (χ2n) is 17.2. The lowest BCUT2D eigenvalue weighted by molar-refractivity contribution is -0.141. The van der Waals surface area contributed by atoms with Crippen molar-refractivity contribution in [1.82, 2.24) is 24.9 Å². The third-order valence-electron chi connectivity index (χ3n) is 11.5. The smallest absolute Gasteiger partial charge is 0.259 e. The van der Waals surface area contributed by atoms with Crippen LogP contribution in [0.1, 0.15) is 77.5 Å². The van der Waals surface area contributed by atoms with Crippen LogP contribution in [0.25, 0.3) is 21.6 Å². The van der Waals surface area contributed by atoms with Gasteiger partial charge in [-0.25, -0.2) is 18.4 Å². The molecule has 0 unspecified atom stereocenters. The van der Waals surface area contributed by atoms with Crippen LogP contribution in [0.5, 0.6) is 11.5 Å². The SMILES string of the molecule is C=C[C@@H]1C[C@]1(NC(=O)[C@@H]1C[C@@H](Oc2cc(-c3nc(C(C)C)cs3)nc3c(C)c(OC)ccc23)CN1C(=O)[C@@H](Nc1ccccc1N=O)C(C)(C)C)C(=O)NS(=O)(=O)C1CC1. The molecule has 4 aromatic rings. The quantitative estimate of drug-likeness (QED) is 0.0846. The number of hydrogen-bond donors (Lipinski definition) is 3. The molecular formula is C43H51N7O8S2. The summed E-state index contributed by atoms with van der Waals surface area (Å²) in [7, 11) is -2.33. The van der Waals surface area contributed by atoms with Gasteiger partial charge in [-0.1, -0.05) is 52.8 Å². The van der Waals surface area contributed by atoms with Gasteiger partial charge in [0.1, 0.15) is 51.6 Å². The van der Waals surface area contributed by atoms with Gasteiger partial charge < -0.3 is 25.0 Å². The zero-order chi connectivity index (χ0) is 43.3. The first-order valence-electron chi connectivity index (χ1n) is 20.0. The maximum Gasteiger partial charge on any atom is 0.259 e. The van der Waals surface area contributed by atoms with Crippen LogP contribution in [-0.2, 0) is 24.4 Å². The van der Waals surface area contributed by atoms with Gasteiger partial charge in [0.05, 0.1) is 35.8 Å². The molecule has 3 fully saturated rings. The number of aryl methyl sites for hydroxylation is 1. The summed E-state index contributed by atoms with van der Waals surface area (Å²) in [5.74, 6) is -1.16. The number of para-hydroxylation sites is 1. The van der Waals surface area contributed by atoms with Crippen LogP contribution >= 0.6 is 11.3 Å². The Morgan fingerprint density at radius 2 is 1.83 bits per heavy atom. The first kappa shape index (κ1) is 42.7. The summed E-state index contributed by atoms with van der Waals surface area (Å²) in [6.07, 6.45) is 1.86. The van der Waals surface area contributed by atoms with E-state index in [1.54, 1.807) is 25.3 Å². The van der Waals surface area contributed by atoms with Gasteiger partial charge in [-0.2, -0.15) is 0 Å². The molecule has 17 heteroatoms. The number of carbonyl (C=O) groups is 3. The van der Waals surface area contributed by atoms with Crippen LogP contribution in [0.2, 0.25) is 0 Å². The minimum atomic E-state index is -3.92. The minimum Gasteiger partial charge on any atom is -0.496 e. The van der Waals surface area contributed by atoms with Crippen molar-refractivity contribution < 1.29 is 32.3 Å². The largest absolute Gasteiger partial charge is 0.496 e. The summed E-state index contributed by atoms with van der Waals surface area (Å²) < 4.78 is 40.3. The third kappa shape index (κ3) is 8.33. The van der Waals surface area contributed by atoms with Gasteiger partial charge >= 0.3 is 0 Å². The summed E-state index contributed by atoms with van der Waals surface area (Å²) in [4.78, 5) is 66.3. The highest BCUT2D eigenvalue weighted by molar-refractivity contribution is 7.91. The van der Waals surface area contributed by atoms with E-state index in [9.17, 15) is 27.7 Å². The van der Waals surface area contributed by atoms with Crippen molar-refractivity contribution in [2.45, 2.75) is 102 Å². The predicted molar refractivity (Wildman–Crippen MR) is 231 cm³/mol. The van der Waals surface area contributed by atoms with Crippen LogP contribution in [0.15, 0.2) is 65.7 Å². The van der Waals surface area contributed by atoms with E-state index in [0.717, 1.165) is 11.3 Å². The number of nitrogens with zero attached hydrogens (tertiary/aromatic N) is 4. The Balaban J connectivity index is 1.26. The minimum absolute atomic E-state index is 0.0259. The number of likely N-dealkylation sites (tertiary alicyclic amines) is 1. The van der Waals surface area contributed by atoms with Gasteiger partial charge in [-0.15, -0.1) is 22.8 Å². The average molecular weight is 858 g/mol. The van der Waals surface area contributed by atoms with Crippen molar-refractivity contribution in [2.24, 2.45) is 16.5 Å². The van der Waals surface area contributed by atoms with E-state index < -0.39 is 68.1 Å². The molecule has 15 nitrogen and oxygen atoms in total. The van der Waals surface area contributed by atoms with E-state index >= 15 is 0 Å². The second kappa shape index (κ2) is 16.2. The van der Waals surface area contributed by atoms with Gasteiger partial charge in [0.2, 0.25) is 21.8 Å². The number of ether oxygens (including phenoxy) is 2. The second-order valence-corrected chi connectivity index (χ2v) is 20.1. The van der Waals surface area contributed by atoms with E-state index in [0.29, 0.717) is 51.6 Å². The molecule has 60 heavy (non-hydrogen) atoms. The lowest BCUT2D eigenvalue weighted by Gasteiger charge is -2.36. The Hall–Kier alpha value is -5.42. The van der Waals surface area contributed by atoms with E-state index in [1.807, 2.05) is 51.3 Å². The van der Waals surface area contributed by atoms with E-state index in [4.69, 9.17) is 19.4 Å². The highest BCUT2D eigenvalue weighted by atomic mass is 32.2. The fraction of sp³-hybridized carbons (Fsp3) is 0.465. The molecule has 3 aliphatic rings. The Bertz CT molecular complexity index is 2480. The monoisotopic (exact) mass is 857 g/mol. The molecule has 3 heterocycles. The fourth-order valence-electron chi connectivity index (χ4n) is 7.70. The number of carbonyl (C=O) groups excluding carboxylic acids is 3. The van der Waals surface area contributed by atoms with E-state index in [2.05, 4.69) is 41.0 Å². The van der Waals surface area contributed by atoms with E-state index in [1.165, 1.54) is 28.4 Å². The number of fused-ring (bicyclic) bond motifs is 1. The molecule has 2 saturated carbocycles. The third-order valence-corrected chi connectivity index (χ3v) is 14.2. The summed E-state index contributed by atoms with van der Waals surface area (Å²) in [5.41, 5.74) is 1.09. The first-order chi connectivity index (χ1) is 28.4. The number of hydrogen-bond acceptors (Lipinski definition) is 13. The van der Waals surface area contributed by atoms with Crippen molar-refractivity contribution >= 4 is 61.4 Å². The van der Waals surface area contributed by atoms with Crippen LogP contribution in [-0.4, -0.2) is 83.6 Å². The number of aromatic nitrogens is 2. The molecular weight excluding hydrogens is 807 g/mol. The van der Waals surface area contributed by atoms with Crippen LogP contribution < -0.4 is 24.8 Å². The lowest BCUT2D eigenvalue weighted by Crippen LogP contribution is -2.58. The highest BCUT2D eigenvalue weighted by Gasteiger charge is 2.62. The molecule has 2 aliphatic carbocycles. The molecule has 2 aromatic carbocycles. The number of thiazole rings is 1. The van der Waals surface area contributed by atoms with E-state index in [-0.39, 0.29) is 31.0 Å². The molecule has 0 spiro atoms. The Morgan fingerprint density at radius 3 is 2.45 bits per heavy atom. The van der Waals surface area contributed by atoms with Crippen molar-refractivity contribution in [3.8, 4) is 22.2 Å². The van der Waals surface area contributed by atoms with Crippen molar-refractivity contribution in [3.05, 3.63) is 76.7 Å². The van der Waals surface area contributed by atoms with Crippen molar-refractivity contribution in [3.63, 3.8) is 0 Å². The number of nitroso groups, excluding NO2 is 1. The maximum atomic E-state index is 15.0. The van der Waals surface area contributed by atoms with Crippen LogP contribution in [0, 0.1) is 23.2 Å². The maximum absolute atomic E-state index is 15.0. The molecule has 318 valence electrons. The number of rotatable bonds is 15. The number of sulfonamides is 1. The fourth-order valence-corrected chi connectivity index (χ4v) is 10.00. The zero-order valence-corrected chi connectivity index (χ0v) is 36.4. The normalized spacial score (nSPS) is 21.9. The molecule has 1 aliphatic heterocycles. The summed E-state index contributed by atoms with van der Waals surface area (Å²) in [6, 6.07) is 9.97. The number of nitrogens with one attached hydrogen (secondary N) is 3. The lowest BCUT2D eigenvalue weighted by atomic mass is 9.85. The van der Waals surface area contributed by atoms with Gasteiger partial charge in [0.15, 0.2) is 0 Å². The molecule has 3 amide bonds. The van der Waals surface area contributed by atoms with Gasteiger partial charge in [0.25, 0.3) is 5.91 Å².